The maximum atomic E-state index is 13.2. The Morgan fingerprint density at radius 3 is 2.93 bits per heavy atom. The SMILES string of the molecule is OCc1cnc(-c2ccncc2F)s1. The van der Waals surface area contributed by atoms with Gasteiger partial charge in [-0.1, -0.05) is 0 Å². The number of thiazole rings is 1. The van der Waals surface area contributed by atoms with Crippen molar-refractivity contribution >= 4 is 11.3 Å². The summed E-state index contributed by atoms with van der Waals surface area (Å²) in [7, 11) is 0. The fourth-order valence-corrected chi connectivity index (χ4v) is 1.85. The highest BCUT2D eigenvalue weighted by Crippen LogP contribution is 2.26. The highest BCUT2D eigenvalue weighted by atomic mass is 32.1. The van der Waals surface area contributed by atoms with Crippen LogP contribution >= 0.6 is 11.3 Å². The fraction of sp³-hybridized carbons (Fsp3) is 0.111. The van der Waals surface area contributed by atoms with E-state index in [0.717, 1.165) is 11.1 Å². The summed E-state index contributed by atoms with van der Waals surface area (Å²) in [6.07, 6.45) is 4.20. The zero-order chi connectivity index (χ0) is 9.97. The van der Waals surface area contributed by atoms with Crippen molar-refractivity contribution < 1.29 is 9.50 Å². The van der Waals surface area contributed by atoms with Crippen LogP contribution in [0.25, 0.3) is 10.6 Å². The monoisotopic (exact) mass is 210 g/mol. The van der Waals surface area contributed by atoms with Crippen molar-refractivity contribution in [1.82, 2.24) is 9.97 Å². The largest absolute Gasteiger partial charge is 0.391 e. The highest BCUT2D eigenvalue weighted by molar-refractivity contribution is 7.15. The molecule has 2 aromatic rings. The summed E-state index contributed by atoms with van der Waals surface area (Å²) in [4.78, 5) is 8.38. The molecule has 2 aromatic heterocycles. The lowest BCUT2D eigenvalue weighted by molar-refractivity contribution is 0.285. The molecule has 0 saturated carbocycles. The first kappa shape index (κ1) is 9.23. The lowest BCUT2D eigenvalue weighted by Gasteiger charge is -1.95. The molecule has 5 heteroatoms. The summed E-state index contributed by atoms with van der Waals surface area (Å²) in [5.41, 5.74) is 0.421. The van der Waals surface area contributed by atoms with Crippen LogP contribution in [0.4, 0.5) is 4.39 Å². The van der Waals surface area contributed by atoms with Gasteiger partial charge in [-0.15, -0.1) is 11.3 Å². The van der Waals surface area contributed by atoms with Crippen molar-refractivity contribution in [2.24, 2.45) is 0 Å². The Hall–Kier alpha value is -1.33. The van der Waals surface area contributed by atoms with Crippen molar-refractivity contribution in [3.05, 3.63) is 35.4 Å². The van der Waals surface area contributed by atoms with Gasteiger partial charge in [0, 0.05) is 18.0 Å². The van der Waals surface area contributed by atoms with E-state index >= 15 is 0 Å². The number of aromatic nitrogens is 2. The van der Waals surface area contributed by atoms with E-state index < -0.39 is 5.82 Å². The second-order valence-corrected chi connectivity index (χ2v) is 3.76. The lowest BCUT2D eigenvalue weighted by Crippen LogP contribution is -1.83. The molecule has 2 heterocycles. The third-order valence-electron chi connectivity index (χ3n) is 1.71. The maximum Gasteiger partial charge on any atom is 0.151 e. The number of hydrogen-bond acceptors (Lipinski definition) is 4. The molecule has 0 fully saturated rings. The minimum atomic E-state index is -0.397. The van der Waals surface area contributed by atoms with Crippen LogP contribution in [0.1, 0.15) is 4.88 Å². The van der Waals surface area contributed by atoms with Gasteiger partial charge in [-0.25, -0.2) is 9.37 Å². The van der Waals surface area contributed by atoms with Crippen molar-refractivity contribution in [3.63, 3.8) is 0 Å². The summed E-state index contributed by atoms with van der Waals surface area (Å²) in [5.74, 6) is -0.397. The second kappa shape index (κ2) is 3.81. The summed E-state index contributed by atoms with van der Waals surface area (Å²) in [6.45, 7) is -0.0651. The first-order chi connectivity index (χ1) is 6.81. The average molecular weight is 210 g/mol. The highest BCUT2D eigenvalue weighted by Gasteiger charge is 2.08. The molecule has 0 aliphatic carbocycles. The molecule has 0 radical (unpaired) electrons. The van der Waals surface area contributed by atoms with Crippen LogP contribution in [0, 0.1) is 5.82 Å². The van der Waals surface area contributed by atoms with Gasteiger partial charge in [0.05, 0.1) is 17.7 Å². The van der Waals surface area contributed by atoms with Crippen molar-refractivity contribution in [1.29, 1.82) is 0 Å². The minimum absolute atomic E-state index is 0.0651. The molecule has 0 unspecified atom stereocenters. The summed E-state index contributed by atoms with van der Waals surface area (Å²) < 4.78 is 13.2. The van der Waals surface area contributed by atoms with Crippen molar-refractivity contribution in [2.75, 3.05) is 0 Å². The quantitative estimate of drug-likeness (QED) is 0.822. The molecule has 0 bridgehead atoms. The molecule has 0 aromatic carbocycles. The van der Waals surface area contributed by atoms with Crippen LogP contribution in [0.5, 0.6) is 0 Å². The Balaban J connectivity index is 2.44. The normalized spacial score (nSPS) is 10.4. The van der Waals surface area contributed by atoms with Crippen LogP contribution in [0.15, 0.2) is 24.7 Å². The van der Waals surface area contributed by atoms with Crippen molar-refractivity contribution in [3.8, 4) is 10.6 Å². The Bertz CT molecular complexity index is 444. The average Bonchev–Trinajstić information content (AvgIpc) is 2.67. The van der Waals surface area contributed by atoms with Crippen LogP contribution in [-0.2, 0) is 6.61 Å². The number of aliphatic hydroxyl groups excluding tert-OH is 1. The second-order valence-electron chi connectivity index (χ2n) is 2.65. The molecule has 72 valence electrons. The molecule has 0 amide bonds. The lowest BCUT2D eigenvalue weighted by atomic mass is 10.3. The summed E-state index contributed by atoms with van der Waals surface area (Å²) in [6, 6.07) is 1.56. The van der Waals surface area contributed by atoms with Crippen LogP contribution < -0.4 is 0 Å². The van der Waals surface area contributed by atoms with Crippen LogP contribution in [0.2, 0.25) is 0 Å². The number of rotatable bonds is 2. The van der Waals surface area contributed by atoms with E-state index in [2.05, 4.69) is 9.97 Å². The van der Waals surface area contributed by atoms with E-state index in [9.17, 15) is 4.39 Å². The fourth-order valence-electron chi connectivity index (χ4n) is 1.05. The van der Waals surface area contributed by atoms with E-state index in [1.54, 1.807) is 12.3 Å². The molecule has 3 nitrogen and oxygen atoms in total. The molecule has 1 N–H and O–H groups in total. The summed E-state index contributed by atoms with van der Waals surface area (Å²) in [5, 5.41) is 9.40. The first-order valence-corrected chi connectivity index (χ1v) is 4.78. The Kier molecular flexibility index (Phi) is 2.51. The third-order valence-corrected chi connectivity index (χ3v) is 2.73. The molecular weight excluding hydrogens is 203 g/mol. The Morgan fingerprint density at radius 2 is 2.29 bits per heavy atom. The predicted molar refractivity (Wildman–Crippen MR) is 51.2 cm³/mol. The molecular formula is C9H7FN2OS. The zero-order valence-corrected chi connectivity index (χ0v) is 7.96. The topological polar surface area (TPSA) is 46.0 Å². The van der Waals surface area contributed by atoms with Crippen LogP contribution in [0.3, 0.4) is 0 Å². The molecule has 0 atom stereocenters. The summed E-state index contributed by atoms with van der Waals surface area (Å²) >= 11 is 1.27. The van der Waals surface area contributed by atoms with E-state index in [0.29, 0.717) is 10.6 Å². The minimum Gasteiger partial charge on any atom is -0.391 e. The van der Waals surface area contributed by atoms with Crippen molar-refractivity contribution in [2.45, 2.75) is 6.61 Å². The molecule has 0 aliphatic heterocycles. The van der Waals surface area contributed by atoms with Gasteiger partial charge in [0.2, 0.25) is 0 Å². The standard InChI is InChI=1S/C9H7FN2OS/c10-8-4-11-2-1-7(8)9-12-3-6(5-13)14-9/h1-4,13H,5H2. The van der Waals surface area contributed by atoms with Gasteiger partial charge < -0.3 is 5.11 Å². The number of aliphatic hydroxyl groups is 1. The third kappa shape index (κ3) is 1.64. The van der Waals surface area contributed by atoms with Gasteiger partial charge in [-0.05, 0) is 6.07 Å². The smallest absolute Gasteiger partial charge is 0.151 e. The number of halogens is 1. The number of hydrogen-bond donors (Lipinski definition) is 1. The molecule has 0 spiro atoms. The number of pyridine rings is 1. The van der Waals surface area contributed by atoms with Gasteiger partial charge in [0.15, 0.2) is 5.82 Å². The van der Waals surface area contributed by atoms with E-state index in [4.69, 9.17) is 5.11 Å². The Labute approximate surface area is 83.9 Å². The maximum absolute atomic E-state index is 13.2. The van der Waals surface area contributed by atoms with Gasteiger partial charge in [-0.3, -0.25) is 4.98 Å². The predicted octanol–water partition coefficient (Wildman–Crippen LogP) is 1.84. The molecule has 0 aliphatic rings. The number of nitrogens with zero attached hydrogens (tertiary/aromatic N) is 2. The van der Waals surface area contributed by atoms with Gasteiger partial charge >= 0.3 is 0 Å². The van der Waals surface area contributed by atoms with Gasteiger partial charge in [-0.2, -0.15) is 0 Å². The van der Waals surface area contributed by atoms with E-state index in [1.165, 1.54) is 17.5 Å². The van der Waals surface area contributed by atoms with Gasteiger partial charge in [0.1, 0.15) is 5.01 Å². The molecule has 0 saturated heterocycles. The zero-order valence-electron chi connectivity index (χ0n) is 7.14. The molecule has 14 heavy (non-hydrogen) atoms. The van der Waals surface area contributed by atoms with E-state index in [-0.39, 0.29) is 6.61 Å². The van der Waals surface area contributed by atoms with E-state index in [1.807, 2.05) is 0 Å². The first-order valence-electron chi connectivity index (χ1n) is 3.96. The van der Waals surface area contributed by atoms with Crippen LogP contribution in [-0.4, -0.2) is 15.1 Å². The van der Waals surface area contributed by atoms with Gasteiger partial charge in [0.25, 0.3) is 0 Å². The Morgan fingerprint density at radius 1 is 1.43 bits per heavy atom. The molecule has 2 rings (SSSR count).